The predicted octanol–water partition coefficient (Wildman–Crippen LogP) is 3.52. The summed E-state index contributed by atoms with van der Waals surface area (Å²) in [5.41, 5.74) is 1.88. The third-order valence-corrected chi connectivity index (χ3v) is 3.70. The number of aromatic nitrogens is 1. The molecule has 2 heterocycles. The Morgan fingerprint density at radius 1 is 1.41 bits per heavy atom. The first kappa shape index (κ1) is 12.0. The number of rotatable bonds is 5. The van der Waals surface area contributed by atoms with Gasteiger partial charge in [0.1, 0.15) is 0 Å². The molecule has 0 aliphatic carbocycles. The van der Waals surface area contributed by atoms with Gasteiger partial charge < -0.3 is 0 Å². The van der Waals surface area contributed by atoms with E-state index in [9.17, 15) is 4.79 Å². The van der Waals surface area contributed by atoms with Gasteiger partial charge in [-0.2, -0.15) is 0 Å². The second kappa shape index (κ2) is 5.73. The number of thiophene rings is 1. The van der Waals surface area contributed by atoms with Gasteiger partial charge in [0, 0.05) is 29.3 Å². The Bertz CT molecular complexity index is 491. The molecule has 0 fully saturated rings. The molecule has 2 aromatic rings. The van der Waals surface area contributed by atoms with E-state index in [1.807, 2.05) is 24.4 Å². The molecule has 3 heteroatoms. The zero-order valence-electron chi connectivity index (χ0n) is 9.85. The van der Waals surface area contributed by atoms with Crippen LogP contribution in [-0.4, -0.2) is 10.8 Å². The lowest BCUT2D eigenvalue weighted by molar-refractivity contribution is 0.0982. The summed E-state index contributed by atoms with van der Waals surface area (Å²) in [5.74, 6) is 0.220. The highest BCUT2D eigenvalue weighted by Gasteiger charge is 2.10. The van der Waals surface area contributed by atoms with Crippen molar-refractivity contribution in [1.29, 1.82) is 0 Å². The van der Waals surface area contributed by atoms with E-state index in [4.69, 9.17) is 0 Å². The molecule has 0 N–H and O–H groups in total. The number of carbonyl (C=O) groups is 1. The number of hydrogen-bond donors (Lipinski definition) is 0. The van der Waals surface area contributed by atoms with Crippen LogP contribution in [0.5, 0.6) is 0 Å². The van der Waals surface area contributed by atoms with Gasteiger partial charge in [-0.15, -0.1) is 11.3 Å². The lowest BCUT2D eigenvalue weighted by Crippen LogP contribution is -2.04. The number of Topliss-reactive ketones (excluding diaryl/α,β-unsaturated/α-hetero) is 1. The summed E-state index contributed by atoms with van der Waals surface area (Å²) < 4.78 is 0. The summed E-state index contributed by atoms with van der Waals surface area (Å²) in [6.45, 7) is 2.05. The number of hydrogen-bond acceptors (Lipinski definition) is 3. The maximum Gasteiger partial charge on any atom is 0.163 e. The fourth-order valence-corrected chi connectivity index (χ4v) is 2.52. The summed E-state index contributed by atoms with van der Waals surface area (Å²) in [7, 11) is 0. The van der Waals surface area contributed by atoms with Gasteiger partial charge in [0.05, 0.1) is 0 Å². The standard InChI is InChI=1S/C14H15NOS/c1-2-11-10-15-8-7-13(11)14(16)6-5-12-4-3-9-17-12/h3-4,7-10H,2,5-6H2,1H3. The van der Waals surface area contributed by atoms with Crippen LogP contribution in [0.3, 0.4) is 0 Å². The molecule has 2 rings (SSSR count). The molecular weight excluding hydrogens is 230 g/mol. The van der Waals surface area contributed by atoms with Crippen molar-refractivity contribution in [2.45, 2.75) is 26.2 Å². The molecule has 0 saturated carbocycles. The zero-order chi connectivity index (χ0) is 12.1. The van der Waals surface area contributed by atoms with E-state index in [-0.39, 0.29) is 5.78 Å². The summed E-state index contributed by atoms with van der Waals surface area (Å²) in [6, 6.07) is 5.93. The first-order valence-corrected chi connectivity index (χ1v) is 6.67. The number of nitrogens with zero attached hydrogens (tertiary/aromatic N) is 1. The largest absolute Gasteiger partial charge is 0.294 e. The van der Waals surface area contributed by atoms with Gasteiger partial charge in [0.25, 0.3) is 0 Å². The van der Waals surface area contributed by atoms with Crippen LogP contribution in [0, 0.1) is 0 Å². The Hall–Kier alpha value is -1.48. The Morgan fingerprint density at radius 3 is 3.00 bits per heavy atom. The van der Waals surface area contributed by atoms with E-state index in [0.29, 0.717) is 6.42 Å². The van der Waals surface area contributed by atoms with Crippen LogP contribution in [-0.2, 0) is 12.8 Å². The van der Waals surface area contributed by atoms with Gasteiger partial charge in [-0.25, -0.2) is 0 Å². The molecule has 0 unspecified atom stereocenters. The Balaban J connectivity index is 2.04. The molecule has 0 amide bonds. The second-order valence-electron chi connectivity index (χ2n) is 3.89. The fourth-order valence-electron chi connectivity index (χ4n) is 1.81. The van der Waals surface area contributed by atoms with Crippen molar-refractivity contribution in [2.24, 2.45) is 0 Å². The molecule has 0 aromatic carbocycles. The van der Waals surface area contributed by atoms with E-state index in [1.54, 1.807) is 23.7 Å². The first-order chi connectivity index (χ1) is 8.31. The van der Waals surface area contributed by atoms with Gasteiger partial charge in [-0.05, 0) is 35.9 Å². The molecule has 2 nitrogen and oxygen atoms in total. The SMILES string of the molecule is CCc1cnccc1C(=O)CCc1cccs1. The van der Waals surface area contributed by atoms with Crippen LogP contribution in [0.15, 0.2) is 36.0 Å². The molecule has 0 saturated heterocycles. The van der Waals surface area contributed by atoms with Crippen LogP contribution in [0.2, 0.25) is 0 Å². The minimum absolute atomic E-state index is 0.220. The van der Waals surface area contributed by atoms with Crippen LogP contribution < -0.4 is 0 Å². The van der Waals surface area contributed by atoms with Crippen molar-refractivity contribution in [3.63, 3.8) is 0 Å². The smallest absolute Gasteiger partial charge is 0.163 e. The van der Waals surface area contributed by atoms with E-state index in [2.05, 4.69) is 11.1 Å². The molecule has 0 spiro atoms. The minimum atomic E-state index is 0.220. The lowest BCUT2D eigenvalue weighted by atomic mass is 10.0. The highest BCUT2D eigenvalue weighted by molar-refractivity contribution is 7.09. The Morgan fingerprint density at radius 2 is 2.29 bits per heavy atom. The Kier molecular flexibility index (Phi) is 4.04. The molecule has 0 radical (unpaired) electrons. The van der Waals surface area contributed by atoms with Gasteiger partial charge in [0.2, 0.25) is 0 Å². The molecule has 0 aliphatic heterocycles. The predicted molar refractivity (Wildman–Crippen MR) is 70.6 cm³/mol. The van der Waals surface area contributed by atoms with E-state index in [1.165, 1.54) is 4.88 Å². The summed E-state index contributed by atoms with van der Waals surface area (Å²) >= 11 is 1.71. The minimum Gasteiger partial charge on any atom is -0.294 e. The zero-order valence-corrected chi connectivity index (χ0v) is 10.7. The average molecular weight is 245 g/mol. The topological polar surface area (TPSA) is 30.0 Å². The summed E-state index contributed by atoms with van der Waals surface area (Å²) in [6.07, 6.45) is 5.75. The van der Waals surface area contributed by atoms with E-state index in [0.717, 1.165) is 24.0 Å². The Labute approximate surface area is 105 Å². The van der Waals surface area contributed by atoms with E-state index < -0.39 is 0 Å². The van der Waals surface area contributed by atoms with Gasteiger partial charge in [0.15, 0.2) is 5.78 Å². The summed E-state index contributed by atoms with van der Waals surface area (Å²) in [5, 5.41) is 2.05. The van der Waals surface area contributed by atoms with Crippen LogP contribution in [0.1, 0.15) is 34.1 Å². The van der Waals surface area contributed by atoms with Crippen molar-refractivity contribution in [1.82, 2.24) is 4.98 Å². The van der Waals surface area contributed by atoms with E-state index >= 15 is 0 Å². The quantitative estimate of drug-likeness (QED) is 0.754. The number of aryl methyl sites for hydroxylation is 2. The maximum absolute atomic E-state index is 12.1. The normalized spacial score (nSPS) is 10.4. The monoisotopic (exact) mass is 245 g/mol. The molecule has 2 aromatic heterocycles. The third kappa shape index (κ3) is 3.01. The van der Waals surface area contributed by atoms with Gasteiger partial charge in [-0.3, -0.25) is 9.78 Å². The third-order valence-electron chi connectivity index (χ3n) is 2.76. The van der Waals surface area contributed by atoms with Crippen molar-refractivity contribution >= 4 is 17.1 Å². The highest BCUT2D eigenvalue weighted by atomic mass is 32.1. The number of carbonyl (C=O) groups excluding carboxylic acids is 1. The molecule has 17 heavy (non-hydrogen) atoms. The van der Waals surface area contributed by atoms with Crippen LogP contribution in [0.4, 0.5) is 0 Å². The van der Waals surface area contributed by atoms with Crippen molar-refractivity contribution in [3.05, 3.63) is 52.0 Å². The van der Waals surface area contributed by atoms with Crippen molar-refractivity contribution in [2.75, 3.05) is 0 Å². The van der Waals surface area contributed by atoms with Crippen molar-refractivity contribution in [3.8, 4) is 0 Å². The summed E-state index contributed by atoms with van der Waals surface area (Å²) in [4.78, 5) is 17.4. The molecule has 0 atom stereocenters. The molecule has 0 bridgehead atoms. The lowest BCUT2D eigenvalue weighted by Gasteiger charge is -2.05. The second-order valence-corrected chi connectivity index (χ2v) is 4.92. The number of pyridine rings is 1. The fraction of sp³-hybridized carbons (Fsp3) is 0.286. The molecule has 0 aliphatic rings. The molecular formula is C14H15NOS. The van der Waals surface area contributed by atoms with Gasteiger partial charge >= 0.3 is 0 Å². The number of ketones is 1. The maximum atomic E-state index is 12.1. The van der Waals surface area contributed by atoms with Gasteiger partial charge in [-0.1, -0.05) is 13.0 Å². The average Bonchev–Trinajstić information content (AvgIpc) is 2.89. The molecule has 88 valence electrons. The van der Waals surface area contributed by atoms with Crippen molar-refractivity contribution < 1.29 is 4.79 Å². The van der Waals surface area contributed by atoms with Crippen LogP contribution >= 0.6 is 11.3 Å². The first-order valence-electron chi connectivity index (χ1n) is 5.79. The van der Waals surface area contributed by atoms with Crippen LogP contribution in [0.25, 0.3) is 0 Å². The highest BCUT2D eigenvalue weighted by Crippen LogP contribution is 2.15.